The Hall–Kier alpha value is -2.49. The molecule has 5 nitrogen and oxygen atoms in total. The van der Waals surface area contributed by atoms with Gasteiger partial charge >= 0.3 is 6.36 Å². The molecule has 1 aromatic carbocycles. The van der Waals surface area contributed by atoms with E-state index in [0.717, 1.165) is 12.1 Å². The highest BCUT2D eigenvalue weighted by molar-refractivity contribution is 7.11. The zero-order chi connectivity index (χ0) is 20.0. The average molecular weight is 393 g/mol. The van der Waals surface area contributed by atoms with E-state index in [2.05, 4.69) is 9.73 Å². The Bertz CT molecular complexity index is 898. The molecule has 1 aliphatic heterocycles. The molecule has 1 aliphatic rings. The van der Waals surface area contributed by atoms with Crippen molar-refractivity contribution >= 4 is 36.5 Å². The fourth-order valence-corrected chi connectivity index (χ4v) is 4.12. The summed E-state index contributed by atoms with van der Waals surface area (Å²) in [6.07, 6.45) is -4.79. The number of thiophene rings is 1. The Morgan fingerprint density at radius 3 is 2.44 bits per heavy atom. The van der Waals surface area contributed by atoms with Crippen molar-refractivity contribution in [2.75, 3.05) is 7.05 Å². The number of rotatable bonds is 3. The molecule has 0 saturated carbocycles. The first-order chi connectivity index (χ1) is 12.5. The summed E-state index contributed by atoms with van der Waals surface area (Å²) in [5.41, 5.74) is 5.77. The van der Waals surface area contributed by atoms with Gasteiger partial charge in [0.15, 0.2) is 5.96 Å². The Balaban J connectivity index is 2.08. The van der Waals surface area contributed by atoms with E-state index in [9.17, 15) is 18.0 Å². The predicted octanol–water partition coefficient (Wildman–Crippen LogP) is 2.23. The number of nitrogens with two attached hydrogens (primary N) is 1. The quantitative estimate of drug-likeness (QED) is 0.814. The highest BCUT2D eigenvalue weighted by Gasteiger charge is 2.48. The molecule has 2 aromatic rings. The molecule has 140 valence electrons. The molecule has 1 amide bonds. The summed E-state index contributed by atoms with van der Waals surface area (Å²) in [4.78, 5) is 19.4. The molecule has 2 atom stereocenters. The number of alkyl halides is 3. The largest absolute Gasteiger partial charge is 0.573 e. The van der Waals surface area contributed by atoms with Crippen LogP contribution in [0.2, 0.25) is 0 Å². The molecule has 10 heteroatoms. The lowest BCUT2D eigenvalue weighted by Gasteiger charge is -2.40. The van der Waals surface area contributed by atoms with Gasteiger partial charge in [0.25, 0.3) is 0 Å². The van der Waals surface area contributed by atoms with Crippen LogP contribution < -0.4 is 15.9 Å². The normalized spacial score (nSPS) is 23.3. The molecule has 0 spiro atoms. The molecule has 27 heavy (non-hydrogen) atoms. The number of nitrogens with zero attached hydrogens (tertiary/aromatic N) is 2. The molecule has 0 aliphatic carbocycles. The fraction of sp³-hybridized carbons (Fsp3) is 0.294. The summed E-state index contributed by atoms with van der Waals surface area (Å²) in [5, 5.41) is 1.78. The lowest BCUT2D eigenvalue weighted by Crippen LogP contribution is -2.53. The number of carbonyl (C=O) groups excluding carboxylic acids is 1. The van der Waals surface area contributed by atoms with Crippen LogP contribution in [0.3, 0.4) is 0 Å². The maximum absolute atomic E-state index is 13.0. The highest BCUT2D eigenvalue weighted by atomic mass is 32.1. The summed E-state index contributed by atoms with van der Waals surface area (Å²) < 4.78 is 41.0. The molecule has 0 bridgehead atoms. The smallest absolute Gasteiger partial charge is 0.406 e. The number of hydrogen-bond donors (Lipinski definition) is 1. The van der Waals surface area contributed by atoms with Gasteiger partial charge in [-0.3, -0.25) is 9.69 Å². The molecular weight excluding hydrogens is 378 g/mol. The molecule has 0 saturated heterocycles. The Morgan fingerprint density at radius 1 is 1.30 bits per heavy atom. The lowest BCUT2D eigenvalue weighted by molar-refractivity contribution is -0.274. The van der Waals surface area contributed by atoms with Crippen molar-refractivity contribution in [3.05, 3.63) is 46.2 Å². The maximum atomic E-state index is 13.0. The van der Waals surface area contributed by atoms with Crippen molar-refractivity contribution in [1.82, 2.24) is 4.90 Å². The number of amides is 1. The van der Waals surface area contributed by atoms with Crippen molar-refractivity contribution in [2.45, 2.75) is 24.7 Å². The molecule has 2 unspecified atom stereocenters. The van der Waals surface area contributed by atoms with Gasteiger partial charge in [0.05, 0.1) is 5.92 Å². The second-order valence-electron chi connectivity index (χ2n) is 6.27. The van der Waals surface area contributed by atoms with E-state index in [-0.39, 0.29) is 17.6 Å². The van der Waals surface area contributed by atoms with Crippen molar-refractivity contribution < 1.29 is 22.7 Å². The minimum absolute atomic E-state index is 0.0450. The van der Waals surface area contributed by atoms with Gasteiger partial charge in [-0.2, -0.15) is 0 Å². The number of halogens is 3. The number of guanidine groups is 1. The molecule has 3 rings (SSSR count). The zero-order valence-corrected chi connectivity index (χ0v) is 15.3. The van der Waals surface area contributed by atoms with Crippen LogP contribution in [0.1, 0.15) is 23.3 Å². The SMILES string of the molecule is [B]c1ccsc1C1(C)N=C(N)N(C)C(=O)C1c1ccc(OC(F)(F)F)cc1. The van der Waals surface area contributed by atoms with Crippen LogP contribution in [-0.2, 0) is 10.3 Å². The summed E-state index contributed by atoms with van der Waals surface area (Å²) >= 11 is 1.34. The van der Waals surface area contributed by atoms with E-state index in [1.54, 1.807) is 18.4 Å². The van der Waals surface area contributed by atoms with Crippen LogP contribution >= 0.6 is 11.3 Å². The van der Waals surface area contributed by atoms with Crippen LogP contribution in [0.25, 0.3) is 0 Å². The van der Waals surface area contributed by atoms with Gasteiger partial charge in [0, 0.05) is 11.9 Å². The number of benzene rings is 1. The Morgan fingerprint density at radius 2 is 1.93 bits per heavy atom. The minimum atomic E-state index is -4.79. The number of likely N-dealkylation sites (N-methyl/N-ethyl adjacent to an activating group) is 1. The van der Waals surface area contributed by atoms with Gasteiger partial charge in [-0.25, -0.2) is 4.99 Å². The van der Waals surface area contributed by atoms with Crippen LogP contribution in [0, 0.1) is 0 Å². The molecular formula is C17H15BF3N3O2S. The van der Waals surface area contributed by atoms with Crippen LogP contribution in [0.15, 0.2) is 40.7 Å². The van der Waals surface area contributed by atoms with E-state index in [4.69, 9.17) is 13.6 Å². The number of ether oxygens (including phenoxy) is 1. The van der Waals surface area contributed by atoms with Crippen molar-refractivity contribution in [2.24, 2.45) is 10.7 Å². The van der Waals surface area contributed by atoms with Gasteiger partial charge in [-0.1, -0.05) is 23.7 Å². The number of carbonyl (C=O) groups is 1. The molecule has 2 radical (unpaired) electrons. The van der Waals surface area contributed by atoms with E-state index in [1.807, 2.05) is 0 Å². The predicted molar refractivity (Wildman–Crippen MR) is 97.3 cm³/mol. The van der Waals surface area contributed by atoms with Crippen LogP contribution in [0.4, 0.5) is 13.2 Å². The molecule has 2 heterocycles. The summed E-state index contributed by atoms with van der Waals surface area (Å²) in [5.74, 6) is -1.47. The van der Waals surface area contributed by atoms with Crippen molar-refractivity contribution in [3.63, 3.8) is 0 Å². The van der Waals surface area contributed by atoms with Crippen molar-refractivity contribution in [3.8, 4) is 5.75 Å². The van der Waals surface area contributed by atoms with E-state index in [1.165, 1.54) is 35.4 Å². The first kappa shape index (κ1) is 19.3. The van der Waals surface area contributed by atoms with Gasteiger partial charge in [-0.05, 0) is 30.0 Å². The third-order valence-electron chi connectivity index (χ3n) is 4.43. The summed E-state index contributed by atoms with van der Waals surface area (Å²) in [6.45, 7) is 1.73. The van der Waals surface area contributed by atoms with Crippen LogP contribution in [-0.4, -0.2) is 38.0 Å². The van der Waals surface area contributed by atoms with Crippen LogP contribution in [0.5, 0.6) is 5.75 Å². The van der Waals surface area contributed by atoms with Crippen molar-refractivity contribution in [1.29, 1.82) is 0 Å². The summed E-state index contributed by atoms with van der Waals surface area (Å²) in [6, 6.07) is 6.86. The van der Waals surface area contributed by atoms with Gasteiger partial charge in [-0.15, -0.1) is 24.5 Å². The number of hydrogen-bond acceptors (Lipinski definition) is 5. The third kappa shape index (κ3) is 3.53. The second-order valence-corrected chi connectivity index (χ2v) is 7.19. The van der Waals surface area contributed by atoms with Gasteiger partial charge in [0.2, 0.25) is 5.91 Å². The number of aliphatic imine (C=N–C) groups is 1. The van der Waals surface area contributed by atoms with E-state index >= 15 is 0 Å². The van der Waals surface area contributed by atoms with Gasteiger partial charge in [0.1, 0.15) is 19.1 Å². The summed E-state index contributed by atoms with van der Waals surface area (Å²) in [7, 11) is 7.54. The fourth-order valence-electron chi connectivity index (χ4n) is 3.17. The standard InChI is InChI=1S/C17H15BF3N3O2S/c1-16(13-11(18)7-8-27-13)12(14(25)24(2)15(22)23-16)9-3-5-10(6-4-9)26-17(19,20)21/h3-8,12H,1-2H3,(H2,22,23). The topological polar surface area (TPSA) is 67.9 Å². The molecule has 2 N–H and O–H groups in total. The highest BCUT2D eigenvalue weighted by Crippen LogP contribution is 2.45. The second kappa shape index (κ2) is 6.59. The first-order valence-electron chi connectivity index (χ1n) is 7.85. The third-order valence-corrected chi connectivity index (χ3v) is 5.59. The van der Waals surface area contributed by atoms with E-state index in [0.29, 0.717) is 15.9 Å². The Kier molecular flexibility index (Phi) is 4.71. The van der Waals surface area contributed by atoms with E-state index < -0.39 is 17.8 Å². The monoisotopic (exact) mass is 393 g/mol. The minimum Gasteiger partial charge on any atom is -0.406 e. The molecule has 0 fully saturated rings. The Labute approximate surface area is 159 Å². The zero-order valence-electron chi connectivity index (χ0n) is 14.4. The molecule has 1 aromatic heterocycles. The van der Waals surface area contributed by atoms with Gasteiger partial charge < -0.3 is 10.5 Å². The maximum Gasteiger partial charge on any atom is 0.573 e. The first-order valence-corrected chi connectivity index (χ1v) is 8.73. The average Bonchev–Trinajstić information content (AvgIpc) is 3.00. The lowest BCUT2D eigenvalue weighted by atomic mass is 9.74.